The zero-order valence-electron chi connectivity index (χ0n) is 12.9. The van der Waals surface area contributed by atoms with Crippen molar-refractivity contribution in [3.05, 3.63) is 54.0 Å². The van der Waals surface area contributed by atoms with E-state index < -0.39 is 9.84 Å². The summed E-state index contributed by atoms with van der Waals surface area (Å²) in [6, 6.07) is 9.83. The first-order chi connectivity index (χ1) is 11.0. The fourth-order valence-electron chi connectivity index (χ4n) is 2.98. The fraction of sp³-hybridized carbons (Fsp3) is 0.353. The van der Waals surface area contributed by atoms with Crippen LogP contribution in [0.4, 0.5) is 0 Å². The molecule has 23 heavy (non-hydrogen) atoms. The lowest BCUT2D eigenvalue weighted by Crippen LogP contribution is -2.38. The molecule has 1 fully saturated rings. The third-order valence-corrected chi connectivity index (χ3v) is 5.25. The molecule has 0 bridgehead atoms. The molecule has 5 nitrogen and oxygen atoms in total. The number of benzene rings is 1. The van der Waals surface area contributed by atoms with Crippen LogP contribution in [0, 0.1) is 0 Å². The highest BCUT2D eigenvalue weighted by Gasteiger charge is 2.30. The average Bonchev–Trinajstić information content (AvgIpc) is 3.08. The Morgan fingerprint density at radius 1 is 1.22 bits per heavy atom. The van der Waals surface area contributed by atoms with Gasteiger partial charge in [0.05, 0.1) is 17.2 Å². The number of piperidine rings is 1. The molecule has 1 aliphatic rings. The highest BCUT2D eigenvalue weighted by atomic mass is 32.2. The number of hydrogen-bond donors (Lipinski definition) is 0. The summed E-state index contributed by atoms with van der Waals surface area (Å²) in [6.07, 6.45) is 5.58. The molecule has 1 aromatic heterocycles. The number of rotatable bonds is 3. The van der Waals surface area contributed by atoms with Gasteiger partial charge in [0.15, 0.2) is 9.84 Å². The normalized spacial score (nSPS) is 18.8. The summed E-state index contributed by atoms with van der Waals surface area (Å²) in [7, 11) is -3.34. The summed E-state index contributed by atoms with van der Waals surface area (Å²) >= 11 is 0. The summed E-state index contributed by atoms with van der Waals surface area (Å²) in [5.41, 5.74) is 0.395. The first kappa shape index (κ1) is 15.8. The van der Waals surface area contributed by atoms with Crippen molar-refractivity contribution < 1.29 is 17.6 Å². The van der Waals surface area contributed by atoms with Crippen molar-refractivity contribution in [2.45, 2.75) is 30.2 Å². The molecule has 1 atom stereocenters. The molecule has 0 N–H and O–H groups in total. The summed E-state index contributed by atoms with van der Waals surface area (Å²) in [4.78, 5) is 14.8. The molecular formula is C17H19NO4S. The van der Waals surface area contributed by atoms with Crippen molar-refractivity contribution in [1.29, 1.82) is 0 Å². The van der Waals surface area contributed by atoms with Crippen LogP contribution in [0.25, 0.3) is 0 Å². The molecule has 6 heteroatoms. The van der Waals surface area contributed by atoms with Crippen LogP contribution in [0.3, 0.4) is 0 Å². The van der Waals surface area contributed by atoms with Crippen molar-refractivity contribution in [1.82, 2.24) is 4.90 Å². The van der Waals surface area contributed by atoms with Crippen LogP contribution in [0.5, 0.6) is 0 Å². The lowest BCUT2D eigenvalue weighted by Gasteiger charge is -2.34. The Morgan fingerprint density at radius 2 is 2.04 bits per heavy atom. The maximum absolute atomic E-state index is 12.9. The largest absolute Gasteiger partial charge is 0.467 e. The molecule has 1 unspecified atom stereocenters. The van der Waals surface area contributed by atoms with Crippen LogP contribution >= 0.6 is 0 Å². The van der Waals surface area contributed by atoms with Crippen LogP contribution in [-0.2, 0) is 9.84 Å². The van der Waals surface area contributed by atoms with Gasteiger partial charge in [-0.3, -0.25) is 4.79 Å². The molecule has 0 radical (unpaired) electrons. The molecular weight excluding hydrogens is 314 g/mol. The van der Waals surface area contributed by atoms with Gasteiger partial charge >= 0.3 is 0 Å². The second-order valence-electron chi connectivity index (χ2n) is 5.83. The van der Waals surface area contributed by atoms with Gasteiger partial charge in [-0.05, 0) is 49.6 Å². The molecule has 0 saturated carbocycles. The van der Waals surface area contributed by atoms with E-state index in [-0.39, 0.29) is 16.8 Å². The predicted octanol–water partition coefficient (Wildman–Crippen LogP) is 3.05. The highest BCUT2D eigenvalue weighted by molar-refractivity contribution is 7.90. The van der Waals surface area contributed by atoms with E-state index in [9.17, 15) is 13.2 Å². The van der Waals surface area contributed by atoms with Gasteiger partial charge in [-0.15, -0.1) is 0 Å². The van der Waals surface area contributed by atoms with Crippen LogP contribution < -0.4 is 0 Å². The molecule has 1 aromatic carbocycles. The number of nitrogens with zero attached hydrogens (tertiary/aromatic N) is 1. The second kappa shape index (κ2) is 6.20. The lowest BCUT2D eigenvalue weighted by molar-refractivity contribution is 0.0580. The number of carbonyl (C=O) groups excluding carboxylic acids is 1. The summed E-state index contributed by atoms with van der Waals surface area (Å²) < 4.78 is 28.9. The monoisotopic (exact) mass is 333 g/mol. The van der Waals surface area contributed by atoms with Crippen LogP contribution in [0.15, 0.2) is 52.0 Å². The van der Waals surface area contributed by atoms with Gasteiger partial charge in [0.25, 0.3) is 5.91 Å². The lowest BCUT2D eigenvalue weighted by atomic mass is 9.99. The molecule has 1 aliphatic heterocycles. The van der Waals surface area contributed by atoms with Crippen molar-refractivity contribution in [3.8, 4) is 0 Å². The van der Waals surface area contributed by atoms with Gasteiger partial charge in [0.2, 0.25) is 0 Å². The smallest absolute Gasteiger partial charge is 0.254 e. The van der Waals surface area contributed by atoms with Crippen molar-refractivity contribution >= 4 is 15.7 Å². The maximum atomic E-state index is 12.9. The van der Waals surface area contributed by atoms with E-state index >= 15 is 0 Å². The van der Waals surface area contributed by atoms with Gasteiger partial charge in [-0.1, -0.05) is 6.07 Å². The van der Waals surface area contributed by atoms with Crippen molar-refractivity contribution in [2.24, 2.45) is 0 Å². The minimum Gasteiger partial charge on any atom is -0.467 e. The van der Waals surface area contributed by atoms with Crippen LogP contribution in [0.1, 0.15) is 41.4 Å². The van der Waals surface area contributed by atoms with E-state index in [1.165, 1.54) is 12.1 Å². The number of amides is 1. The van der Waals surface area contributed by atoms with Gasteiger partial charge < -0.3 is 9.32 Å². The molecule has 0 aliphatic carbocycles. The quantitative estimate of drug-likeness (QED) is 0.866. The van der Waals surface area contributed by atoms with Crippen molar-refractivity contribution in [2.75, 3.05) is 12.8 Å². The van der Waals surface area contributed by atoms with Gasteiger partial charge in [0.1, 0.15) is 5.76 Å². The Morgan fingerprint density at radius 3 is 2.74 bits per heavy atom. The second-order valence-corrected chi connectivity index (χ2v) is 7.84. The van der Waals surface area contributed by atoms with E-state index in [4.69, 9.17) is 4.42 Å². The zero-order chi connectivity index (χ0) is 16.4. The number of sulfone groups is 1. The predicted molar refractivity (Wildman–Crippen MR) is 85.9 cm³/mol. The fourth-order valence-corrected chi connectivity index (χ4v) is 3.64. The van der Waals surface area contributed by atoms with E-state index in [1.807, 2.05) is 12.1 Å². The average molecular weight is 333 g/mol. The highest BCUT2D eigenvalue weighted by Crippen LogP contribution is 2.32. The number of carbonyl (C=O) groups is 1. The zero-order valence-corrected chi connectivity index (χ0v) is 13.8. The number of furan rings is 1. The van der Waals surface area contributed by atoms with Gasteiger partial charge in [-0.25, -0.2) is 8.42 Å². The number of hydrogen-bond acceptors (Lipinski definition) is 4. The SMILES string of the molecule is CS(=O)(=O)c1cccc(C(=O)N2CCCCC2c2ccco2)c1. The van der Waals surface area contributed by atoms with Crippen LogP contribution in [0.2, 0.25) is 0 Å². The standard InChI is InChI=1S/C17H19NO4S/c1-23(20,21)14-7-4-6-13(12-14)17(19)18-10-3-2-8-15(18)16-9-5-11-22-16/h4-7,9,11-12,15H,2-3,8,10H2,1H3. The van der Waals surface area contributed by atoms with E-state index in [2.05, 4.69) is 0 Å². The minimum atomic E-state index is -3.34. The van der Waals surface area contributed by atoms with E-state index in [1.54, 1.807) is 23.3 Å². The molecule has 1 amide bonds. The molecule has 2 heterocycles. The maximum Gasteiger partial charge on any atom is 0.254 e. The van der Waals surface area contributed by atoms with Gasteiger partial charge in [-0.2, -0.15) is 0 Å². The summed E-state index contributed by atoms with van der Waals surface area (Å²) in [5, 5.41) is 0. The number of likely N-dealkylation sites (tertiary alicyclic amines) is 1. The molecule has 1 saturated heterocycles. The summed E-state index contributed by atoms with van der Waals surface area (Å²) in [6.45, 7) is 0.646. The topological polar surface area (TPSA) is 67.6 Å². The Kier molecular flexibility index (Phi) is 4.26. The molecule has 3 rings (SSSR count). The Hall–Kier alpha value is -2.08. The Bertz CT molecular complexity index is 796. The third kappa shape index (κ3) is 3.32. The molecule has 2 aromatic rings. The minimum absolute atomic E-state index is 0.0897. The van der Waals surface area contributed by atoms with Gasteiger partial charge in [0, 0.05) is 18.4 Å². The first-order valence-electron chi connectivity index (χ1n) is 7.61. The van der Waals surface area contributed by atoms with E-state index in [0.29, 0.717) is 12.1 Å². The summed E-state index contributed by atoms with van der Waals surface area (Å²) in [5.74, 6) is 0.619. The Labute approximate surface area is 135 Å². The van der Waals surface area contributed by atoms with E-state index in [0.717, 1.165) is 31.3 Å². The first-order valence-corrected chi connectivity index (χ1v) is 9.50. The van der Waals surface area contributed by atoms with Crippen LogP contribution in [-0.4, -0.2) is 32.0 Å². The van der Waals surface area contributed by atoms with Crippen molar-refractivity contribution in [3.63, 3.8) is 0 Å². The molecule has 122 valence electrons. The molecule has 0 spiro atoms. The Balaban J connectivity index is 1.92. The third-order valence-electron chi connectivity index (χ3n) is 4.14.